The van der Waals surface area contributed by atoms with Crippen LogP contribution in [0.1, 0.15) is 264 Å². The predicted octanol–water partition coefficient (Wildman–Crippen LogP) is 36.0. The minimum Gasteiger partial charge on any atom is -0.305 e. The molecule has 17 aromatic rings. The fourth-order valence-electron chi connectivity index (χ4n) is 24.8. The molecule has 0 saturated heterocycles. The summed E-state index contributed by atoms with van der Waals surface area (Å²) in [7, 11) is 0. The molecule has 1 fully saturated rings. The fraction of sp³-hybridized carbons (Fsp3) is 0.299. The summed E-state index contributed by atoms with van der Waals surface area (Å²) in [5.74, 6) is 1.87. The van der Waals surface area contributed by atoms with E-state index >= 15 is 0 Å². The summed E-state index contributed by atoms with van der Waals surface area (Å²) in [5, 5.41) is 0. The number of rotatable bonds is 17. The second-order valence-corrected chi connectivity index (χ2v) is 48.5. The molecule has 144 heavy (non-hydrogen) atoms. The molecule has 4 aliphatic rings. The Labute approximate surface area is 870 Å². The van der Waals surface area contributed by atoms with Crippen LogP contribution in [0.25, 0.3) is 157 Å². The molecule has 6 nitrogen and oxygen atoms in total. The molecule has 0 spiro atoms. The molecular formula is C137H135IrN6. The summed E-state index contributed by atoms with van der Waals surface area (Å²) in [6, 6.07) is 128. The first-order valence-corrected chi connectivity index (χ1v) is 51.8. The Morgan fingerprint density at radius 3 is 0.854 bits per heavy atom. The van der Waals surface area contributed by atoms with Crippen LogP contribution in [0, 0.1) is 34.4 Å². The van der Waals surface area contributed by atoms with Crippen LogP contribution in [-0.4, -0.2) is 29.9 Å². The fourth-order valence-corrected chi connectivity index (χ4v) is 24.8. The Bertz CT molecular complexity index is 7510. The van der Waals surface area contributed by atoms with Gasteiger partial charge in [-0.2, -0.15) is 0 Å². The van der Waals surface area contributed by atoms with Crippen LogP contribution >= 0.6 is 0 Å². The Morgan fingerprint density at radius 1 is 0.236 bits per heavy atom. The number of hydrogen-bond donors (Lipinski definition) is 0. The van der Waals surface area contributed by atoms with Crippen LogP contribution < -0.4 is 0 Å². The third kappa shape index (κ3) is 16.5. The molecule has 7 heteroatoms. The molecule has 13 aromatic carbocycles. The molecule has 4 aliphatic carbocycles. The van der Waals surface area contributed by atoms with Gasteiger partial charge in [-0.15, -0.1) is 71.3 Å². The summed E-state index contributed by atoms with van der Waals surface area (Å²) in [5.41, 5.74) is 40.6. The van der Waals surface area contributed by atoms with Crippen molar-refractivity contribution in [2.24, 2.45) is 16.2 Å². The van der Waals surface area contributed by atoms with Gasteiger partial charge in [0.2, 0.25) is 0 Å². The molecule has 4 aromatic heterocycles. The molecule has 21 rings (SSSR count). The van der Waals surface area contributed by atoms with Crippen LogP contribution in [-0.2, 0) is 63.4 Å². The zero-order valence-corrected chi connectivity index (χ0v) is 90.9. The van der Waals surface area contributed by atoms with Crippen LogP contribution in [0.3, 0.4) is 0 Å². The van der Waals surface area contributed by atoms with E-state index in [4.69, 9.17) is 29.9 Å². The number of nitrogens with zero attached hydrogens (tertiary/aromatic N) is 6. The number of fused-ring (bicyclic) bond motifs is 3. The van der Waals surface area contributed by atoms with E-state index in [1.165, 1.54) is 111 Å². The van der Waals surface area contributed by atoms with E-state index in [-0.39, 0.29) is 97.4 Å². The molecule has 0 radical (unpaired) electrons. The van der Waals surface area contributed by atoms with E-state index in [2.05, 4.69) is 494 Å². The third-order valence-electron chi connectivity index (χ3n) is 37.2. The van der Waals surface area contributed by atoms with Gasteiger partial charge >= 0.3 is 20.1 Å². The first-order chi connectivity index (χ1) is 67.9. The SMILES string of the molecule is CC(C)(C)c1ccnc(-c2[c-]cc(-c3ccccc3C3CC(c4ccccc4-c4c[c-]c(-c5ccc(-c6nc(-c7cccc(-c8ccccc8)c7)nc(-c7cccc(-c8ccccc8)c7)n6)cn5)cc4-c4ccc5c(c4)C(C)(C)C(C)(C)C5(C)C)CC(c4ccccc4-c4c[c-]c(-c5cc(C(C)(C)C)ccn5)cc4-c4ccc5c(c4)C(C)(C)C(C)(C)C5(C)C)C3)c(-c3ccc4c(c3)C(C)(C)C(C)(C)C4(C)C)c2)c1.[Ir+3]. The van der Waals surface area contributed by atoms with Gasteiger partial charge in [0, 0.05) is 35.3 Å². The van der Waals surface area contributed by atoms with E-state index in [0.29, 0.717) is 17.5 Å². The molecule has 0 N–H and O–H groups in total. The summed E-state index contributed by atoms with van der Waals surface area (Å²) in [6.45, 7) is 58.1. The molecule has 1 saturated carbocycles. The van der Waals surface area contributed by atoms with Crippen molar-refractivity contribution in [1.82, 2.24) is 29.9 Å². The number of pyridine rings is 3. The van der Waals surface area contributed by atoms with E-state index in [1.807, 2.05) is 18.6 Å². The molecule has 2 unspecified atom stereocenters. The van der Waals surface area contributed by atoms with Crippen LogP contribution in [0.15, 0.2) is 328 Å². The molecular weight excluding hydrogens is 1920 g/mol. The van der Waals surface area contributed by atoms with E-state index < -0.39 is 0 Å². The van der Waals surface area contributed by atoms with Crippen LogP contribution in [0.5, 0.6) is 0 Å². The Balaban J connectivity index is 0.0000127. The van der Waals surface area contributed by atoms with Crippen LogP contribution in [0.4, 0.5) is 0 Å². The number of aromatic nitrogens is 6. The summed E-state index contributed by atoms with van der Waals surface area (Å²) < 4.78 is 0. The van der Waals surface area contributed by atoms with Gasteiger partial charge in [0.25, 0.3) is 0 Å². The van der Waals surface area contributed by atoms with Gasteiger partial charge in [-0.1, -0.05) is 465 Å². The smallest absolute Gasteiger partial charge is 0.305 e. The Kier molecular flexibility index (Phi) is 24.6. The van der Waals surface area contributed by atoms with Gasteiger partial charge in [-0.3, -0.25) is 0 Å². The molecule has 4 heterocycles. The second kappa shape index (κ2) is 36.0. The first-order valence-electron chi connectivity index (χ1n) is 51.8. The standard InChI is InChI=1S/C137H135N6.Ir/c1-127(2,3)101-67-69-138-122(82-101)93-54-61-110(113(77-93)90-57-64-116-119(80-90)133(15,16)136(21,22)130(116,9)10)107-51-35-32-48-104(107)99-73-98(74-100(75-99)105-49-33-36-52-108(105)111-62-55-94(123-83-102(68-70-139-123)128(4,5)6)78-114(111)91-58-65-117-120(81-91)134(17,18)137(23,24)131(117,11)12)103-47-31-34-50-106(103)109-60-53-92(76-112(109)89-56-63-115-118(79-89)132(13,14)135(19,20)129(115,7)8)121-66-59-97(84-140-121)126-142-124(95-45-37-43-87(71-95)85-39-27-25-28-40-85)141-125(143-126)96-46-38-44-88(72-96)86-41-29-26-30-42-86;/h25-52,56-72,76-84,98-100H,73-75H2,1-24H3;/q-3;+3. The van der Waals surface area contributed by atoms with E-state index in [1.54, 1.807) is 0 Å². The van der Waals surface area contributed by atoms with Gasteiger partial charge in [-0.05, 0) is 238 Å². The zero-order chi connectivity index (χ0) is 100. The summed E-state index contributed by atoms with van der Waals surface area (Å²) >= 11 is 0. The average Bonchev–Trinajstić information content (AvgIpc) is 1.55. The van der Waals surface area contributed by atoms with Crippen molar-refractivity contribution in [2.45, 2.75) is 247 Å². The van der Waals surface area contributed by atoms with Gasteiger partial charge in [0.1, 0.15) is 0 Å². The van der Waals surface area contributed by atoms with Crippen molar-refractivity contribution in [3.8, 4) is 157 Å². The monoisotopic (exact) mass is 2060 g/mol. The van der Waals surface area contributed by atoms with Crippen LogP contribution in [0.2, 0.25) is 0 Å². The molecule has 2 atom stereocenters. The third-order valence-corrected chi connectivity index (χ3v) is 37.2. The molecule has 0 aliphatic heterocycles. The minimum atomic E-state index is -0.172. The van der Waals surface area contributed by atoms with Crippen molar-refractivity contribution in [1.29, 1.82) is 0 Å². The quantitative estimate of drug-likeness (QED) is 0.0846. The normalized spacial score (nSPS) is 18.3. The summed E-state index contributed by atoms with van der Waals surface area (Å²) in [4.78, 5) is 31.7. The zero-order valence-electron chi connectivity index (χ0n) is 88.5. The van der Waals surface area contributed by atoms with Gasteiger partial charge in [0.05, 0.1) is 0 Å². The van der Waals surface area contributed by atoms with Crippen molar-refractivity contribution in [2.75, 3.05) is 0 Å². The number of hydrogen-bond acceptors (Lipinski definition) is 6. The Hall–Kier alpha value is -13.0. The van der Waals surface area contributed by atoms with E-state index in [0.717, 1.165) is 109 Å². The molecule has 722 valence electrons. The van der Waals surface area contributed by atoms with Gasteiger partial charge in [-0.25, -0.2) is 15.0 Å². The van der Waals surface area contributed by atoms with E-state index in [9.17, 15) is 0 Å². The van der Waals surface area contributed by atoms with Crippen molar-refractivity contribution in [3.63, 3.8) is 0 Å². The maximum Gasteiger partial charge on any atom is 3.00 e. The average molecular weight is 2060 g/mol. The van der Waals surface area contributed by atoms with Crippen molar-refractivity contribution in [3.05, 3.63) is 407 Å². The topological polar surface area (TPSA) is 77.3 Å². The number of benzene rings is 13. The molecule has 0 bridgehead atoms. The van der Waals surface area contributed by atoms with Crippen molar-refractivity contribution >= 4 is 0 Å². The summed E-state index contributed by atoms with van der Waals surface area (Å²) in [6.07, 6.45) is 8.60. The maximum absolute atomic E-state index is 5.44. The minimum absolute atomic E-state index is 0. The van der Waals surface area contributed by atoms with Gasteiger partial charge < -0.3 is 15.0 Å². The predicted molar refractivity (Wildman–Crippen MR) is 598 cm³/mol. The second-order valence-electron chi connectivity index (χ2n) is 48.5. The van der Waals surface area contributed by atoms with Crippen molar-refractivity contribution < 1.29 is 20.1 Å². The van der Waals surface area contributed by atoms with Gasteiger partial charge in [0.15, 0.2) is 17.5 Å². The first kappa shape index (κ1) is 98.4. The largest absolute Gasteiger partial charge is 3.00 e. The molecule has 0 amide bonds. The maximum atomic E-state index is 5.44. The Morgan fingerprint density at radius 2 is 0.528 bits per heavy atom.